The molecule has 0 bridgehead atoms. The maximum absolute atomic E-state index is 13.4. The highest BCUT2D eigenvalue weighted by atomic mass is 35.5. The molecule has 1 atom stereocenters. The quantitative estimate of drug-likeness (QED) is 0.757. The third-order valence-corrected chi connectivity index (χ3v) is 3.49. The molecule has 1 amide bonds. The Morgan fingerprint density at radius 3 is 2.57 bits per heavy atom. The number of anilines is 1. The van der Waals surface area contributed by atoms with Crippen molar-refractivity contribution in [2.45, 2.75) is 6.04 Å². The molecule has 7 heteroatoms. The minimum absolute atomic E-state index is 0.0252. The molecule has 0 aliphatic heterocycles. The Balaban J connectivity index is 1.96. The van der Waals surface area contributed by atoms with Crippen LogP contribution in [0, 0.1) is 11.6 Å². The first-order valence-electron chi connectivity index (χ1n) is 6.85. The molecule has 0 radical (unpaired) electrons. The van der Waals surface area contributed by atoms with Crippen molar-refractivity contribution < 1.29 is 18.7 Å². The SMILES string of the molecule is O=C(CN[C@@H](CO)c1ccc(Cl)c(F)c1)Nc1ccccc1F. The molecule has 4 nitrogen and oxygen atoms in total. The highest BCUT2D eigenvalue weighted by Gasteiger charge is 2.14. The number of para-hydroxylation sites is 1. The highest BCUT2D eigenvalue weighted by molar-refractivity contribution is 6.30. The van der Waals surface area contributed by atoms with Gasteiger partial charge in [-0.1, -0.05) is 29.8 Å². The Bertz CT molecular complexity index is 698. The Kier molecular flexibility index (Phi) is 6.04. The third kappa shape index (κ3) is 4.72. The largest absolute Gasteiger partial charge is 0.394 e. The fraction of sp³-hybridized carbons (Fsp3) is 0.188. The van der Waals surface area contributed by atoms with E-state index in [1.807, 2.05) is 0 Å². The molecule has 2 aromatic carbocycles. The lowest BCUT2D eigenvalue weighted by Gasteiger charge is -2.17. The molecule has 0 saturated heterocycles. The smallest absolute Gasteiger partial charge is 0.238 e. The predicted octanol–water partition coefficient (Wildman–Crippen LogP) is 2.88. The number of hydrogen-bond acceptors (Lipinski definition) is 3. The van der Waals surface area contributed by atoms with Gasteiger partial charge in [-0.05, 0) is 29.8 Å². The van der Waals surface area contributed by atoms with E-state index >= 15 is 0 Å². The lowest BCUT2D eigenvalue weighted by atomic mass is 10.1. The van der Waals surface area contributed by atoms with E-state index in [0.717, 1.165) is 0 Å². The van der Waals surface area contributed by atoms with E-state index in [9.17, 15) is 18.7 Å². The Morgan fingerprint density at radius 1 is 1.17 bits per heavy atom. The number of carbonyl (C=O) groups is 1. The molecule has 0 aromatic heterocycles. The standard InChI is InChI=1S/C16H15ClF2N2O2/c17-11-6-5-10(7-13(11)19)15(9-22)20-8-16(23)21-14-4-2-1-3-12(14)18/h1-7,15,20,22H,8-9H2,(H,21,23)/t15-/m0/s1. The van der Waals surface area contributed by atoms with Gasteiger partial charge in [0.25, 0.3) is 0 Å². The average molecular weight is 341 g/mol. The van der Waals surface area contributed by atoms with E-state index in [0.29, 0.717) is 5.56 Å². The van der Waals surface area contributed by atoms with Crippen LogP contribution in [0.3, 0.4) is 0 Å². The summed E-state index contributed by atoms with van der Waals surface area (Å²) in [5.41, 5.74) is 0.519. The van der Waals surface area contributed by atoms with Crippen LogP contribution in [0.15, 0.2) is 42.5 Å². The highest BCUT2D eigenvalue weighted by Crippen LogP contribution is 2.20. The van der Waals surface area contributed by atoms with Gasteiger partial charge in [-0.2, -0.15) is 0 Å². The predicted molar refractivity (Wildman–Crippen MR) is 84.3 cm³/mol. The van der Waals surface area contributed by atoms with Gasteiger partial charge in [0.2, 0.25) is 5.91 Å². The number of aliphatic hydroxyl groups excluding tert-OH is 1. The van der Waals surface area contributed by atoms with E-state index in [1.165, 1.54) is 30.3 Å². The number of carbonyl (C=O) groups excluding carboxylic acids is 1. The third-order valence-electron chi connectivity index (χ3n) is 3.19. The first kappa shape index (κ1) is 17.3. The zero-order valence-electron chi connectivity index (χ0n) is 12.0. The maximum Gasteiger partial charge on any atom is 0.238 e. The van der Waals surface area contributed by atoms with Crippen LogP contribution in [-0.2, 0) is 4.79 Å². The van der Waals surface area contributed by atoms with Gasteiger partial charge in [0.1, 0.15) is 11.6 Å². The summed E-state index contributed by atoms with van der Waals surface area (Å²) >= 11 is 5.60. The number of amides is 1. The summed E-state index contributed by atoms with van der Waals surface area (Å²) in [6.07, 6.45) is 0. The first-order chi connectivity index (χ1) is 11.0. The van der Waals surface area contributed by atoms with Crippen molar-refractivity contribution in [3.8, 4) is 0 Å². The number of nitrogens with one attached hydrogen (secondary N) is 2. The lowest BCUT2D eigenvalue weighted by molar-refractivity contribution is -0.115. The number of halogens is 3. The minimum atomic E-state index is -0.645. The summed E-state index contributed by atoms with van der Waals surface area (Å²) in [4.78, 5) is 11.8. The molecule has 23 heavy (non-hydrogen) atoms. The zero-order chi connectivity index (χ0) is 16.8. The van der Waals surface area contributed by atoms with Crippen molar-refractivity contribution in [1.82, 2.24) is 5.32 Å². The van der Waals surface area contributed by atoms with Crippen molar-refractivity contribution in [2.75, 3.05) is 18.5 Å². The normalized spacial score (nSPS) is 12.0. The topological polar surface area (TPSA) is 61.4 Å². The van der Waals surface area contributed by atoms with Crippen molar-refractivity contribution in [2.24, 2.45) is 0 Å². The molecular weight excluding hydrogens is 326 g/mol. The van der Waals surface area contributed by atoms with E-state index in [-0.39, 0.29) is 23.9 Å². The molecule has 0 heterocycles. The van der Waals surface area contributed by atoms with Crippen molar-refractivity contribution in [3.05, 3.63) is 64.7 Å². The number of hydrogen-bond donors (Lipinski definition) is 3. The van der Waals surface area contributed by atoms with Crippen molar-refractivity contribution in [3.63, 3.8) is 0 Å². The maximum atomic E-state index is 13.4. The van der Waals surface area contributed by atoms with Crippen LogP contribution in [0.1, 0.15) is 11.6 Å². The Labute approximate surface area is 137 Å². The summed E-state index contributed by atoms with van der Waals surface area (Å²) in [6, 6.07) is 9.24. The van der Waals surface area contributed by atoms with Crippen molar-refractivity contribution in [1.29, 1.82) is 0 Å². The zero-order valence-corrected chi connectivity index (χ0v) is 12.8. The molecule has 0 aliphatic carbocycles. The monoisotopic (exact) mass is 340 g/mol. The van der Waals surface area contributed by atoms with Crippen LogP contribution in [0.5, 0.6) is 0 Å². The Morgan fingerprint density at radius 2 is 1.91 bits per heavy atom. The second-order valence-electron chi connectivity index (χ2n) is 4.82. The summed E-state index contributed by atoms with van der Waals surface area (Å²) in [5, 5.41) is 14.5. The van der Waals surface area contributed by atoms with E-state index < -0.39 is 23.6 Å². The molecule has 0 aliphatic rings. The molecule has 0 saturated carbocycles. The van der Waals surface area contributed by atoms with Crippen LogP contribution in [0.4, 0.5) is 14.5 Å². The fourth-order valence-corrected chi connectivity index (χ4v) is 2.11. The van der Waals surface area contributed by atoms with Crippen LogP contribution in [0.25, 0.3) is 0 Å². The van der Waals surface area contributed by atoms with Crippen molar-refractivity contribution >= 4 is 23.2 Å². The molecule has 2 rings (SSSR count). The van der Waals surface area contributed by atoms with Gasteiger partial charge in [-0.15, -0.1) is 0 Å². The van der Waals surface area contributed by atoms with E-state index in [1.54, 1.807) is 12.1 Å². The van der Waals surface area contributed by atoms with Crippen LogP contribution in [0.2, 0.25) is 5.02 Å². The van der Waals surface area contributed by atoms with Gasteiger partial charge in [0, 0.05) is 0 Å². The van der Waals surface area contributed by atoms with Gasteiger partial charge < -0.3 is 10.4 Å². The lowest BCUT2D eigenvalue weighted by Crippen LogP contribution is -2.33. The summed E-state index contributed by atoms with van der Waals surface area (Å²) in [5.74, 6) is -1.64. The van der Waals surface area contributed by atoms with E-state index in [4.69, 9.17) is 11.6 Å². The summed E-state index contributed by atoms with van der Waals surface area (Å²) in [6.45, 7) is -0.516. The molecule has 3 N–H and O–H groups in total. The molecule has 0 fully saturated rings. The van der Waals surface area contributed by atoms with Crippen LogP contribution < -0.4 is 10.6 Å². The first-order valence-corrected chi connectivity index (χ1v) is 7.22. The van der Waals surface area contributed by atoms with Gasteiger partial charge in [0.15, 0.2) is 0 Å². The second kappa shape index (κ2) is 8.01. The number of aliphatic hydroxyl groups is 1. The average Bonchev–Trinajstić information content (AvgIpc) is 2.53. The Hall–Kier alpha value is -2.02. The molecule has 0 unspecified atom stereocenters. The van der Waals surface area contributed by atoms with Crippen LogP contribution >= 0.6 is 11.6 Å². The minimum Gasteiger partial charge on any atom is -0.394 e. The van der Waals surface area contributed by atoms with Gasteiger partial charge in [-0.3, -0.25) is 10.1 Å². The summed E-state index contributed by atoms with van der Waals surface area (Å²) in [7, 11) is 0. The second-order valence-corrected chi connectivity index (χ2v) is 5.22. The van der Waals surface area contributed by atoms with Gasteiger partial charge in [0.05, 0.1) is 29.9 Å². The molecule has 122 valence electrons. The van der Waals surface area contributed by atoms with Gasteiger partial charge in [-0.25, -0.2) is 8.78 Å². The number of rotatable bonds is 6. The fourth-order valence-electron chi connectivity index (χ4n) is 1.99. The molecule has 0 spiro atoms. The van der Waals surface area contributed by atoms with E-state index in [2.05, 4.69) is 10.6 Å². The van der Waals surface area contributed by atoms with Crippen LogP contribution in [-0.4, -0.2) is 24.2 Å². The number of benzene rings is 2. The molecular formula is C16H15ClF2N2O2. The van der Waals surface area contributed by atoms with Gasteiger partial charge >= 0.3 is 0 Å². The molecule has 2 aromatic rings. The summed E-state index contributed by atoms with van der Waals surface area (Å²) < 4.78 is 26.9.